The number of amides is 1. The third kappa shape index (κ3) is 4.23. The Morgan fingerprint density at radius 1 is 1.14 bits per heavy atom. The zero-order valence-electron chi connectivity index (χ0n) is 15.7. The van der Waals surface area contributed by atoms with E-state index in [2.05, 4.69) is 10.5 Å². The summed E-state index contributed by atoms with van der Waals surface area (Å²) >= 11 is 6.19. The number of aromatic nitrogens is 1. The molecular formula is C21H19ClN2O4. The lowest BCUT2D eigenvalue weighted by molar-refractivity contribution is -0.119. The SMILES string of the molecule is Cc1cc(C)c(NC(=O)COC(=O)c2c(-c3ccccc3)noc2C)c(Cl)c1. The van der Waals surface area contributed by atoms with Gasteiger partial charge in [-0.05, 0) is 38.0 Å². The quantitative estimate of drug-likeness (QED) is 0.629. The number of carbonyl (C=O) groups excluding carboxylic acids is 2. The molecule has 0 aliphatic heterocycles. The Kier molecular flexibility index (Phi) is 5.80. The molecule has 3 aromatic rings. The number of nitrogens with one attached hydrogen (secondary N) is 1. The lowest BCUT2D eigenvalue weighted by Gasteiger charge is -2.12. The van der Waals surface area contributed by atoms with E-state index in [1.807, 2.05) is 50.2 Å². The minimum absolute atomic E-state index is 0.198. The Bertz CT molecular complexity index is 1010. The van der Waals surface area contributed by atoms with Gasteiger partial charge in [-0.2, -0.15) is 0 Å². The van der Waals surface area contributed by atoms with Gasteiger partial charge in [0.05, 0.1) is 10.7 Å². The van der Waals surface area contributed by atoms with Gasteiger partial charge in [0.1, 0.15) is 17.0 Å². The second-order valence-corrected chi connectivity index (χ2v) is 6.80. The highest BCUT2D eigenvalue weighted by atomic mass is 35.5. The molecule has 1 aromatic heterocycles. The molecule has 144 valence electrons. The van der Waals surface area contributed by atoms with Gasteiger partial charge in [-0.1, -0.05) is 53.2 Å². The lowest BCUT2D eigenvalue weighted by atomic mass is 10.1. The van der Waals surface area contributed by atoms with Gasteiger partial charge in [-0.3, -0.25) is 4.79 Å². The predicted molar refractivity (Wildman–Crippen MR) is 107 cm³/mol. The van der Waals surface area contributed by atoms with Crippen LogP contribution in [0.2, 0.25) is 5.02 Å². The van der Waals surface area contributed by atoms with Gasteiger partial charge >= 0.3 is 5.97 Å². The maximum atomic E-state index is 12.5. The number of esters is 1. The summed E-state index contributed by atoms with van der Waals surface area (Å²) < 4.78 is 10.3. The first kappa shape index (κ1) is 19.6. The van der Waals surface area contributed by atoms with Crippen LogP contribution < -0.4 is 5.32 Å². The standard InChI is InChI=1S/C21H19ClN2O4/c1-12-9-13(2)19(16(22)10-12)23-17(25)11-27-21(26)18-14(3)28-24-20(18)15-7-5-4-6-8-15/h4-10H,11H2,1-3H3,(H,23,25). The molecule has 0 bridgehead atoms. The number of hydrogen-bond acceptors (Lipinski definition) is 5. The Balaban J connectivity index is 1.70. The van der Waals surface area contributed by atoms with Crippen molar-refractivity contribution in [3.05, 3.63) is 69.9 Å². The summed E-state index contributed by atoms with van der Waals surface area (Å²) in [7, 11) is 0. The summed E-state index contributed by atoms with van der Waals surface area (Å²) in [6.07, 6.45) is 0. The van der Waals surface area contributed by atoms with E-state index in [1.54, 1.807) is 13.0 Å². The summed E-state index contributed by atoms with van der Waals surface area (Å²) in [5.74, 6) is -0.848. The van der Waals surface area contributed by atoms with E-state index in [4.69, 9.17) is 20.9 Å². The molecule has 0 fully saturated rings. The van der Waals surface area contributed by atoms with Crippen LogP contribution in [0.15, 0.2) is 47.0 Å². The van der Waals surface area contributed by atoms with Crippen molar-refractivity contribution >= 4 is 29.2 Å². The molecule has 1 amide bonds. The predicted octanol–water partition coefficient (Wildman–Crippen LogP) is 4.72. The second-order valence-electron chi connectivity index (χ2n) is 6.39. The minimum atomic E-state index is -0.681. The molecule has 0 atom stereocenters. The van der Waals surface area contributed by atoms with Crippen LogP contribution in [0, 0.1) is 20.8 Å². The van der Waals surface area contributed by atoms with Gasteiger partial charge in [-0.15, -0.1) is 0 Å². The molecule has 1 heterocycles. The largest absolute Gasteiger partial charge is 0.452 e. The highest BCUT2D eigenvalue weighted by Gasteiger charge is 2.23. The van der Waals surface area contributed by atoms with E-state index >= 15 is 0 Å². The first-order valence-corrected chi connectivity index (χ1v) is 9.00. The average molecular weight is 399 g/mol. The summed E-state index contributed by atoms with van der Waals surface area (Å²) in [5, 5.41) is 7.05. The zero-order valence-corrected chi connectivity index (χ0v) is 16.5. The first-order valence-electron chi connectivity index (χ1n) is 8.62. The fourth-order valence-electron chi connectivity index (χ4n) is 2.86. The van der Waals surface area contributed by atoms with E-state index < -0.39 is 18.5 Å². The fourth-order valence-corrected chi connectivity index (χ4v) is 3.23. The van der Waals surface area contributed by atoms with Crippen LogP contribution in [-0.4, -0.2) is 23.6 Å². The van der Waals surface area contributed by atoms with E-state index in [-0.39, 0.29) is 5.56 Å². The first-order chi connectivity index (χ1) is 13.4. The second kappa shape index (κ2) is 8.27. The van der Waals surface area contributed by atoms with E-state index in [0.717, 1.165) is 16.7 Å². The molecule has 0 saturated carbocycles. The highest BCUT2D eigenvalue weighted by Crippen LogP contribution is 2.28. The number of benzene rings is 2. The van der Waals surface area contributed by atoms with Crippen molar-refractivity contribution in [2.45, 2.75) is 20.8 Å². The van der Waals surface area contributed by atoms with Crippen LogP contribution in [0.1, 0.15) is 27.2 Å². The molecule has 7 heteroatoms. The van der Waals surface area contributed by atoms with Crippen LogP contribution in [0.5, 0.6) is 0 Å². The van der Waals surface area contributed by atoms with Crippen molar-refractivity contribution in [3.63, 3.8) is 0 Å². The van der Waals surface area contributed by atoms with Crippen LogP contribution in [0.3, 0.4) is 0 Å². The molecule has 6 nitrogen and oxygen atoms in total. The third-order valence-corrected chi connectivity index (χ3v) is 4.44. The van der Waals surface area contributed by atoms with Crippen molar-refractivity contribution in [3.8, 4) is 11.3 Å². The van der Waals surface area contributed by atoms with Crippen molar-refractivity contribution < 1.29 is 18.8 Å². The normalized spacial score (nSPS) is 10.6. The number of carbonyl (C=O) groups is 2. The molecule has 3 rings (SSSR count). The Labute approximate surface area is 167 Å². The van der Waals surface area contributed by atoms with Crippen molar-refractivity contribution in [2.24, 2.45) is 0 Å². The number of aryl methyl sites for hydroxylation is 3. The van der Waals surface area contributed by atoms with Gasteiger partial charge in [0, 0.05) is 5.56 Å². The molecule has 0 radical (unpaired) electrons. The zero-order chi connectivity index (χ0) is 20.3. The van der Waals surface area contributed by atoms with E-state index in [9.17, 15) is 9.59 Å². The summed E-state index contributed by atoms with van der Waals surface area (Å²) in [4.78, 5) is 24.8. The number of hydrogen-bond donors (Lipinski definition) is 1. The van der Waals surface area contributed by atoms with Crippen molar-refractivity contribution in [1.29, 1.82) is 0 Å². The Morgan fingerprint density at radius 3 is 2.54 bits per heavy atom. The topological polar surface area (TPSA) is 81.4 Å². The van der Waals surface area contributed by atoms with Crippen molar-refractivity contribution in [2.75, 3.05) is 11.9 Å². The van der Waals surface area contributed by atoms with Crippen LogP contribution in [0.4, 0.5) is 5.69 Å². The van der Waals surface area contributed by atoms with Crippen LogP contribution in [-0.2, 0) is 9.53 Å². The van der Waals surface area contributed by atoms with Gasteiger partial charge in [0.25, 0.3) is 5.91 Å². The fraction of sp³-hybridized carbons (Fsp3) is 0.190. The molecule has 0 aliphatic rings. The summed E-state index contributed by atoms with van der Waals surface area (Å²) in [6.45, 7) is 4.91. The van der Waals surface area contributed by atoms with Gasteiger partial charge in [0.2, 0.25) is 0 Å². The summed E-state index contributed by atoms with van der Waals surface area (Å²) in [6, 6.07) is 12.8. The van der Waals surface area contributed by atoms with E-state index in [0.29, 0.717) is 22.2 Å². The Hall–Kier alpha value is -3.12. The maximum Gasteiger partial charge on any atom is 0.344 e. The number of anilines is 1. The summed E-state index contributed by atoms with van der Waals surface area (Å²) in [5.41, 5.74) is 3.61. The molecule has 0 aliphatic carbocycles. The van der Waals surface area contributed by atoms with Gasteiger partial charge in [-0.25, -0.2) is 4.79 Å². The number of ether oxygens (including phenoxy) is 1. The molecule has 0 saturated heterocycles. The minimum Gasteiger partial charge on any atom is -0.452 e. The maximum absolute atomic E-state index is 12.5. The molecule has 2 aromatic carbocycles. The van der Waals surface area contributed by atoms with Gasteiger partial charge < -0.3 is 14.6 Å². The highest BCUT2D eigenvalue weighted by molar-refractivity contribution is 6.34. The molecule has 0 unspecified atom stereocenters. The van der Waals surface area contributed by atoms with Crippen molar-refractivity contribution in [1.82, 2.24) is 5.16 Å². The van der Waals surface area contributed by atoms with Crippen LogP contribution in [0.25, 0.3) is 11.3 Å². The Morgan fingerprint density at radius 2 is 1.86 bits per heavy atom. The van der Waals surface area contributed by atoms with Gasteiger partial charge in [0.15, 0.2) is 6.61 Å². The molecule has 28 heavy (non-hydrogen) atoms. The number of nitrogens with zero attached hydrogens (tertiary/aromatic N) is 1. The van der Waals surface area contributed by atoms with E-state index in [1.165, 1.54) is 0 Å². The lowest BCUT2D eigenvalue weighted by Crippen LogP contribution is -2.22. The molecular weight excluding hydrogens is 380 g/mol. The average Bonchev–Trinajstić information content (AvgIpc) is 3.05. The number of halogens is 1. The number of rotatable bonds is 5. The molecule has 0 spiro atoms. The third-order valence-electron chi connectivity index (χ3n) is 4.14. The van der Waals surface area contributed by atoms with Crippen LogP contribution >= 0.6 is 11.6 Å². The monoisotopic (exact) mass is 398 g/mol. The molecule has 1 N–H and O–H groups in total. The smallest absolute Gasteiger partial charge is 0.344 e.